The quantitative estimate of drug-likeness (QED) is 0.255. The fraction of sp³-hybridized carbons (Fsp3) is 0.154. The van der Waals surface area contributed by atoms with Crippen LogP contribution in [0.15, 0.2) is 65.4 Å². The molecule has 7 nitrogen and oxygen atoms in total. The maximum absolute atomic E-state index is 14.2. The molecule has 3 aromatic heterocycles. The molecule has 182 valence electrons. The van der Waals surface area contributed by atoms with Gasteiger partial charge in [0.05, 0.1) is 34.0 Å². The molecule has 5 aromatic rings. The summed E-state index contributed by atoms with van der Waals surface area (Å²) in [6, 6.07) is 13.8. The molecule has 0 saturated carbocycles. The maximum Gasteiger partial charge on any atom is 0.257 e. The zero-order valence-corrected chi connectivity index (χ0v) is 21.8. The molecule has 0 unspecified atom stereocenters. The zero-order chi connectivity index (χ0) is 25.4. The number of pyridine rings is 1. The van der Waals surface area contributed by atoms with Gasteiger partial charge in [0, 0.05) is 40.0 Å². The van der Waals surface area contributed by atoms with Crippen molar-refractivity contribution in [1.82, 2.24) is 24.5 Å². The molecule has 1 N–H and O–H groups in total. The van der Waals surface area contributed by atoms with E-state index in [0.717, 1.165) is 17.8 Å². The number of anilines is 1. The van der Waals surface area contributed by atoms with Crippen molar-refractivity contribution in [1.29, 1.82) is 0 Å². The van der Waals surface area contributed by atoms with Gasteiger partial charge in [0.1, 0.15) is 5.82 Å². The van der Waals surface area contributed by atoms with E-state index < -0.39 is 5.82 Å². The number of fused-ring (bicyclic) bond motifs is 1. The number of amides is 1. The lowest BCUT2D eigenvalue weighted by Gasteiger charge is -2.10. The van der Waals surface area contributed by atoms with Crippen molar-refractivity contribution in [3.8, 4) is 11.3 Å². The number of carbonyl (C=O) groups is 1. The molecule has 0 aliphatic carbocycles. The highest BCUT2D eigenvalue weighted by Gasteiger charge is 2.19. The van der Waals surface area contributed by atoms with Gasteiger partial charge >= 0.3 is 0 Å². The van der Waals surface area contributed by atoms with Crippen molar-refractivity contribution in [3.63, 3.8) is 0 Å². The van der Waals surface area contributed by atoms with Crippen LogP contribution in [0.4, 0.5) is 10.2 Å². The topological polar surface area (TPSA) is 77.6 Å². The molecule has 36 heavy (non-hydrogen) atoms. The third kappa shape index (κ3) is 4.52. The molecule has 2 aromatic carbocycles. The second-order valence-corrected chi connectivity index (χ2v) is 9.47. The first-order chi connectivity index (χ1) is 17.4. The number of nitrogens with one attached hydrogen (secondary N) is 1. The van der Waals surface area contributed by atoms with E-state index in [0.29, 0.717) is 43.0 Å². The summed E-state index contributed by atoms with van der Waals surface area (Å²) >= 11 is 9.60. The Labute approximate surface area is 220 Å². The Balaban J connectivity index is 1.49. The van der Waals surface area contributed by atoms with Gasteiger partial charge < -0.3 is 5.32 Å². The molecule has 0 bridgehead atoms. The van der Waals surface area contributed by atoms with Crippen LogP contribution >= 0.6 is 27.5 Å². The van der Waals surface area contributed by atoms with Gasteiger partial charge in [-0.25, -0.2) is 9.37 Å². The second-order valence-electron chi connectivity index (χ2n) is 8.21. The molecule has 5 rings (SSSR count). The van der Waals surface area contributed by atoms with Crippen LogP contribution in [-0.4, -0.2) is 30.5 Å². The minimum Gasteiger partial charge on any atom is -0.304 e. The predicted molar refractivity (Wildman–Crippen MR) is 142 cm³/mol. The summed E-state index contributed by atoms with van der Waals surface area (Å²) < 4.78 is 18.2. The maximum atomic E-state index is 14.2. The molecule has 0 spiro atoms. The number of rotatable bonds is 6. The van der Waals surface area contributed by atoms with E-state index in [1.807, 2.05) is 42.8 Å². The van der Waals surface area contributed by atoms with Crippen molar-refractivity contribution < 1.29 is 9.18 Å². The Morgan fingerprint density at radius 1 is 1.19 bits per heavy atom. The fourth-order valence-corrected chi connectivity index (χ4v) is 4.74. The van der Waals surface area contributed by atoms with E-state index in [-0.39, 0.29) is 12.5 Å². The first-order valence-electron chi connectivity index (χ1n) is 11.3. The summed E-state index contributed by atoms with van der Waals surface area (Å²) in [4.78, 5) is 18.3. The van der Waals surface area contributed by atoms with Crippen LogP contribution in [-0.2, 0) is 13.1 Å². The zero-order valence-electron chi connectivity index (χ0n) is 19.5. The molecule has 0 atom stereocenters. The van der Waals surface area contributed by atoms with E-state index in [4.69, 9.17) is 16.6 Å². The van der Waals surface area contributed by atoms with Crippen molar-refractivity contribution in [2.75, 3.05) is 5.32 Å². The van der Waals surface area contributed by atoms with Crippen LogP contribution in [0, 0.1) is 12.7 Å². The van der Waals surface area contributed by atoms with Crippen LogP contribution in [0.1, 0.15) is 28.5 Å². The number of hydrogen-bond donors (Lipinski definition) is 1. The van der Waals surface area contributed by atoms with Crippen LogP contribution in [0.2, 0.25) is 5.02 Å². The van der Waals surface area contributed by atoms with Crippen molar-refractivity contribution in [2.24, 2.45) is 0 Å². The van der Waals surface area contributed by atoms with Gasteiger partial charge in [0.15, 0.2) is 5.82 Å². The van der Waals surface area contributed by atoms with Crippen molar-refractivity contribution >= 4 is 50.2 Å². The van der Waals surface area contributed by atoms with Gasteiger partial charge in [0.2, 0.25) is 0 Å². The fourth-order valence-electron chi connectivity index (χ4n) is 4.10. The van der Waals surface area contributed by atoms with E-state index in [9.17, 15) is 9.18 Å². The van der Waals surface area contributed by atoms with Gasteiger partial charge in [-0.2, -0.15) is 10.2 Å². The Morgan fingerprint density at radius 2 is 2.00 bits per heavy atom. The molecular formula is C26H21BrClFN6O. The van der Waals surface area contributed by atoms with Gasteiger partial charge in [-0.3, -0.25) is 14.2 Å². The largest absolute Gasteiger partial charge is 0.304 e. The Kier molecular flexibility index (Phi) is 6.59. The molecule has 0 aliphatic heterocycles. The van der Waals surface area contributed by atoms with Crippen molar-refractivity contribution in [2.45, 2.75) is 26.9 Å². The van der Waals surface area contributed by atoms with E-state index in [1.54, 1.807) is 30.6 Å². The summed E-state index contributed by atoms with van der Waals surface area (Å²) in [5.41, 5.74) is 3.97. The van der Waals surface area contributed by atoms with E-state index in [2.05, 4.69) is 31.4 Å². The van der Waals surface area contributed by atoms with Crippen LogP contribution in [0.5, 0.6) is 0 Å². The number of halogens is 3. The SMILES string of the molecule is CCn1ncc(-c2cc(C(=O)Nc3nn(Cc4c(F)cccc4Cl)cc3Br)c3ccccc3n2)c1C. The lowest BCUT2D eigenvalue weighted by Crippen LogP contribution is -2.14. The summed E-state index contributed by atoms with van der Waals surface area (Å²) in [5.74, 6) is -0.452. The van der Waals surface area contributed by atoms with Gasteiger partial charge in [-0.15, -0.1) is 0 Å². The minimum atomic E-state index is -0.419. The minimum absolute atomic E-state index is 0.114. The summed E-state index contributed by atoms with van der Waals surface area (Å²) in [5, 5.41) is 12.7. The van der Waals surface area contributed by atoms with Crippen LogP contribution < -0.4 is 5.32 Å². The average Bonchev–Trinajstić information content (AvgIpc) is 3.41. The first kappa shape index (κ1) is 24.1. The number of aryl methyl sites for hydroxylation is 1. The number of carbonyl (C=O) groups excluding carboxylic acids is 1. The number of hydrogen-bond acceptors (Lipinski definition) is 4. The lowest BCUT2D eigenvalue weighted by molar-refractivity contribution is 0.102. The highest BCUT2D eigenvalue weighted by atomic mass is 79.9. The van der Waals surface area contributed by atoms with Crippen LogP contribution in [0.25, 0.3) is 22.2 Å². The number of para-hydroxylation sites is 1. The Bertz CT molecular complexity index is 1590. The first-order valence-corrected chi connectivity index (χ1v) is 12.4. The molecule has 0 saturated heterocycles. The summed E-state index contributed by atoms with van der Waals surface area (Å²) in [6.45, 7) is 4.85. The Hall–Kier alpha value is -3.56. The van der Waals surface area contributed by atoms with E-state index >= 15 is 0 Å². The van der Waals surface area contributed by atoms with Gasteiger partial charge in [-0.05, 0) is 54.0 Å². The summed E-state index contributed by atoms with van der Waals surface area (Å²) in [7, 11) is 0. The average molecular weight is 568 g/mol. The molecule has 10 heteroatoms. The standard InChI is InChI=1S/C26H21BrClFN6O/c1-3-35-15(2)18(12-30-35)24-11-17(16-7-4-5-10-23(16)31-24)26(36)32-25-20(27)14-34(33-25)13-19-21(28)8-6-9-22(19)29/h4-12,14H,3,13H2,1-2H3,(H,32,33,36). The molecule has 0 fully saturated rings. The third-order valence-corrected chi connectivity index (χ3v) is 6.90. The van der Waals surface area contributed by atoms with Gasteiger partial charge in [0.25, 0.3) is 5.91 Å². The Morgan fingerprint density at radius 3 is 2.75 bits per heavy atom. The number of aromatic nitrogens is 5. The second kappa shape index (κ2) is 9.83. The number of nitrogens with zero attached hydrogens (tertiary/aromatic N) is 5. The van der Waals surface area contributed by atoms with Gasteiger partial charge in [-0.1, -0.05) is 35.9 Å². The summed E-state index contributed by atoms with van der Waals surface area (Å²) in [6.07, 6.45) is 3.43. The predicted octanol–water partition coefficient (Wildman–Crippen LogP) is 6.48. The molecular weight excluding hydrogens is 547 g/mol. The molecule has 0 aliphatic rings. The van der Waals surface area contributed by atoms with E-state index in [1.165, 1.54) is 10.7 Å². The molecule has 3 heterocycles. The van der Waals surface area contributed by atoms with Crippen molar-refractivity contribution in [3.05, 3.63) is 93.1 Å². The third-order valence-electron chi connectivity index (χ3n) is 5.97. The highest BCUT2D eigenvalue weighted by molar-refractivity contribution is 9.10. The highest BCUT2D eigenvalue weighted by Crippen LogP contribution is 2.29. The van der Waals surface area contributed by atoms with Crippen LogP contribution in [0.3, 0.4) is 0 Å². The molecule has 0 radical (unpaired) electrons. The number of benzene rings is 2. The normalized spacial score (nSPS) is 11.2. The smallest absolute Gasteiger partial charge is 0.257 e. The molecule has 1 amide bonds. The monoisotopic (exact) mass is 566 g/mol. The lowest BCUT2D eigenvalue weighted by atomic mass is 10.0.